The summed E-state index contributed by atoms with van der Waals surface area (Å²) in [6, 6.07) is 53.5. The lowest BCUT2D eigenvalue weighted by Gasteiger charge is -2.63. The van der Waals surface area contributed by atoms with Crippen LogP contribution in [0.4, 0.5) is 17.1 Å². The summed E-state index contributed by atoms with van der Waals surface area (Å²) in [6.07, 6.45) is 9.38. The summed E-state index contributed by atoms with van der Waals surface area (Å²) in [4.78, 5) is 5.57. The second kappa shape index (κ2) is 12.7. The first kappa shape index (κ1) is 34.7. The smallest absolute Gasteiger partial charge is 0.0502 e. The van der Waals surface area contributed by atoms with Crippen LogP contribution in [0, 0.1) is 23.7 Å². The van der Waals surface area contributed by atoms with Crippen molar-refractivity contribution in [2.45, 2.75) is 98.7 Å². The molecule has 0 saturated heterocycles. The van der Waals surface area contributed by atoms with Gasteiger partial charge in [-0.15, -0.1) is 0 Å². The zero-order chi connectivity index (χ0) is 37.8. The van der Waals surface area contributed by atoms with Gasteiger partial charge in [-0.3, -0.25) is 0 Å². The lowest BCUT2D eigenvalue weighted by atomic mass is 9.42. The maximum Gasteiger partial charge on any atom is 0.0502 e. The molecule has 1 aliphatic heterocycles. The highest BCUT2D eigenvalue weighted by Crippen LogP contribution is 2.69. The summed E-state index contributed by atoms with van der Waals surface area (Å²) >= 11 is 2.05. The first-order chi connectivity index (χ1) is 27.2. The van der Waals surface area contributed by atoms with Gasteiger partial charge in [-0.05, 0) is 154 Å². The average Bonchev–Trinajstić information content (AvgIpc) is 3.21. The Morgan fingerprint density at radius 1 is 0.500 bits per heavy atom. The van der Waals surface area contributed by atoms with Crippen LogP contribution in [0.1, 0.15) is 94.9 Å². The van der Waals surface area contributed by atoms with Crippen molar-refractivity contribution in [2.24, 2.45) is 23.7 Å². The minimum absolute atomic E-state index is 0.0562. The molecule has 0 unspecified atom stereocenters. The Bertz CT molecular complexity index is 2430. The molecular weight excluding hydrogens is 695 g/mol. The van der Waals surface area contributed by atoms with Crippen LogP contribution in [-0.4, -0.2) is 0 Å². The number of fused-ring (bicyclic) bond motifs is 3. The van der Waals surface area contributed by atoms with Crippen molar-refractivity contribution in [2.75, 3.05) is 4.90 Å². The maximum absolute atomic E-state index is 2.61. The van der Waals surface area contributed by atoms with E-state index in [1.165, 1.54) is 105 Å². The quantitative estimate of drug-likeness (QED) is 0.173. The molecule has 56 heavy (non-hydrogen) atoms. The van der Waals surface area contributed by atoms with Crippen LogP contribution in [0.2, 0.25) is 0 Å². The Morgan fingerprint density at radius 2 is 1.09 bits per heavy atom. The largest absolute Gasteiger partial charge is 0.310 e. The molecule has 12 rings (SSSR count). The molecule has 0 atom stereocenters. The van der Waals surface area contributed by atoms with Gasteiger partial charge < -0.3 is 4.90 Å². The van der Waals surface area contributed by atoms with Crippen LogP contribution < -0.4 is 4.90 Å². The molecule has 6 aromatic carbocycles. The number of hydrogen-bond acceptors (Lipinski definition) is 2. The second-order valence-corrected chi connectivity index (χ2v) is 20.3. The van der Waals surface area contributed by atoms with Gasteiger partial charge in [0.25, 0.3) is 0 Å². The molecule has 1 heterocycles. The van der Waals surface area contributed by atoms with E-state index >= 15 is 0 Å². The third-order valence-corrected chi connectivity index (χ3v) is 16.4. The zero-order valence-electron chi connectivity index (χ0n) is 33.4. The molecule has 0 N–H and O–H groups in total. The molecule has 6 aliphatic rings. The number of benzene rings is 6. The molecule has 280 valence electrons. The SMILES string of the molecule is CC1(C)CCC(C)(C)c2c(N(c3ccc(-c4ccccc4)cc3)c3ccc4c(c3)Sc3c(-c5ccccc5)cccc3C43C4CC5CC(C4)CC3C5)cccc21. The van der Waals surface area contributed by atoms with Crippen LogP contribution in [0.25, 0.3) is 22.3 Å². The molecule has 0 radical (unpaired) electrons. The standard InChI is InChI=1S/C54H53NS/c1-52(2)27-28-53(3,4)50-46(52)18-12-20-48(50)55(42-23-21-38(22-24-42)37-13-7-5-8-14-37)43-25-26-45-49(34-43)56-51-44(39-15-9-6-10-16-39)17-11-19-47(51)54(45)40-30-35-29-36(32-40)33-41(54)31-35/h5-26,34-36,40-41H,27-33H2,1-4H3. The summed E-state index contributed by atoms with van der Waals surface area (Å²) in [5, 5.41) is 0. The first-order valence-corrected chi connectivity index (χ1v) is 22.1. The molecule has 1 spiro atoms. The van der Waals surface area contributed by atoms with Gasteiger partial charge in [0.15, 0.2) is 0 Å². The minimum Gasteiger partial charge on any atom is -0.310 e. The molecule has 0 amide bonds. The van der Waals surface area contributed by atoms with Crippen LogP contribution >= 0.6 is 11.8 Å². The van der Waals surface area contributed by atoms with E-state index < -0.39 is 0 Å². The van der Waals surface area contributed by atoms with E-state index in [-0.39, 0.29) is 16.2 Å². The molecule has 4 saturated carbocycles. The van der Waals surface area contributed by atoms with Crippen LogP contribution in [-0.2, 0) is 16.2 Å². The molecule has 5 aliphatic carbocycles. The number of nitrogens with zero attached hydrogens (tertiary/aromatic N) is 1. The maximum atomic E-state index is 2.61. The predicted molar refractivity (Wildman–Crippen MR) is 236 cm³/mol. The van der Waals surface area contributed by atoms with Gasteiger partial charge in [0.2, 0.25) is 0 Å². The number of anilines is 3. The zero-order valence-corrected chi connectivity index (χ0v) is 34.2. The van der Waals surface area contributed by atoms with Gasteiger partial charge >= 0.3 is 0 Å². The van der Waals surface area contributed by atoms with E-state index in [0.717, 1.165) is 11.8 Å². The third-order valence-electron chi connectivity index (χ3n) is 15.1. The van der Waals surface area contributed by atoms with Crippen LogP contribution in [0.5, 0.6) is 0 Å². The fourth-order valence-corrected chi connectivity index (χ4v) is 14.1. The Balaban J connectivity index is 1.13. The molecule has 0 aromatic heterocycles. The van der Waals surface area contributed by atoms with Crippen molar-refractivity contribution in [3.8, 4) is 22.3 Å². The Labute approximate surface area is 338 Å². The van der Waals surface area contributed by atoms with Gasteiger partial charge in [-0.2, -0.15) is 0 Å². The lowest BCUT2D eigenvalue weighted by molar-refractivity contribution is -0.0443. The Kier molecular flexibility index (Phi) is 7.89. The monoisotopic (exact) mass is 747 g/mol. The van der Waals surface area contributed by atoms with E-state index in [4.69, 9.17) is 0 Å². The van der Waals surface area contributed by atoms with Gasteiger partial charge in [0, 0.05) is 26.6 Å². The van der Waals surface area contributed by atoms with Gasteiger partial charge in [-0.1, -0.05) is 149 Å². The Hall–Kier alpha value is -4.53. The summed E-state index contributed by atoms with van der Waals surface area (Å²) in [5.41, 5.74) is 15.5. The normalized spacial score (nSPS) is 26.0. The fourth-order valence-electron chi connectivity index (χ4n) is 12.7. The van der Waals surface area contributed by atoms with E-state index in [0.29, 0.717) is 11.8 Å². The van der Waals surface area contributed by atoms with E-state index in [1.54, 1.807) is 11.1 Å². The van der Waals surface area contributed by atoms with Crippen molar-refractivity contribution in [1.82, 2.24) is 0 Å². The van der Waals surface area contributed by atoms with Crippen LogP contribution in [0.15, 0.2) is 149 Å². The molecule has 4 bridgehead atoms. The number of hydrogen-bond donors (Lipinski definition) is 0. The van der Waals surface area contributed by atoms with Crippen molar-refractivity contribution in [3.05, 3.63) is 162 Å². The molecule has 2 heteroatoms. The predicted octanol–water partition coefficient (Wildman–Crippen LogP) is 15.0. The summed E-state index contributed by atoms with van der Waals surface area (Å²) in [7, 11) is 0. The summed E-state index contributed by atoms with van der Waals surface area (Å²) < 4.78 is 0. The molecule has 4 fully saturated rings. The molecule has 1 nitrogen and oxygen atoms in total. The lowest BCUT2D eigenvalue weighted by Crippen LogP contribution is -2.57. The molecular formula is C54H53NS. The van der Waals surface area contributed by atoms with E-state index in [9.17, 15) is 0 Å². The highest BCUT2D eigenvalue weighted by atomic mass is 32.2. The van der Waals surface area contributed by atoms with Gasteiger partial charge in [0.05, 0.1) is 5.69 Å². The van der Waals surface area contributed by atoms with Crippen molar-refractivity contribution in [3.63, 3.8) is 0 Å². The van der Waals surface area contributed by atoms with E-state index in [2.05, 4.69) is 172 Å². The highest BCUT2D eigenvalue weighted by Gasteiger charge is 2.61. The van der Waals surface area contributed by atoms with E-state index in [1.807, 2.05) is 11.8 Å². The minimum atomic E-state index is 0.0562. The van der Waals surface area contributed by atoms with Crippen LogP contribution in [0.3, 0.4) is 0 Å². The fraction of sp³-hybridized carbons (Fsp3) is 0.333. The molecule has 6 aromatic rings. The highest BCUT2D eigenvalue weighted by molar-refractivity contribution is 7.99. The topological polar surface area (TPSA) is 3.24 Å². The average molecular weight is 748 g/mol. The number of rotatable bonds is 5. The first-order valence-electron chi connectivity index (χ1n) is 21.3. The Morgan fingerprint density at radius 3 is 1.79 bits per heavy atom. The van der Waals surface area contributed by atoms with Crippen molar-refractivity contribution in [1.29, 1.82) is 0 Å². The van der Waals surface area contributed by atoms with Crippen molar-refractivity contribution < 1.29 is 0 Å². The second-order valence-electron chi connectivity index (χ2n) is 19.2. The van der Waals surface area contributed by atoms with Crippen molar-refractivity contribution >= 4 is 28.8 Å². The van der Waals surface area contributed by atoms with Gasteiger partial charge in [0.1, 0.15) is 0 Å². The third kappa shape index (κ3) is 5.20. The van der Waals surface area contributed by atoms with Gasteiger partial charge in [-0.25, -0.2) is 0 Å². The summed E-state index contributed by atoms with van der Waals surface area (Å²) in [6.45, 7) is 9.85. The summed E-state index contributed by atoms with van der Waals surface area (Å²) in [5.74, 6) is 3.24.